The number of ether oxygens (including phenoxy) is 1. The van der Waals surface area contributed by atoms with Crippen molar-refractivity contribution in [1.29, 1.82) is 0 Å². The summed E-state index contributed by atoms with van der Waals surface area (Å²) in [4.78, 5) is 0.409. The van der Waals surface area contributed by atoms with Crippen LogP contribution in [-0.2, 0) is 4.74 Å². The number of rotatable bonds is 0. The van der Waals surface area contributed by atoms with Crippen LogP contribution in [0.2, 0.25) is 0 Å². The van der Waals surface area contributed by atoms with Crippen LogP contribution in [-0.4, -0.2) is 16.0 Å². The van der Waals surface area contributed by atoms with Crippen LogP contribution in [0.3, 0.4) is 0 Å². The van der Waals surface area contributed by atoms with Crippen molar-refractivity contribution in [3.63, 3.8) is 0 Å². The lowest BCUT2D eigenvalue weighted by atomic mass is 9.88. The molecule has 1 aliphatic heterocycles. The molecule has 0 amide bonds. The maximum absolute atomic E-state index is 5.84. The van der Waals surface area contributed by atoms with E-state index in [4.69, 9.17) is 11.2 Å². The summed E-state index contributed by atoms with van der Waals surface area (Å²) in [5.74, 6) is 2.71. The molecule has 0 aromatic heterocycles. The van der Waals surface area contributed by atoms with Crippen molar-refractivity contribution in [3.8, 4) is 12.3 Å². The topological polar surface area (TPSA) is 9.23 Å². The van der Waals surface area contributed by atoms with Crippen LogP contribution >= 0.6 is 15.9 Å². The van der Waals surface area contributed by atoms with E-state index in [1.54, 1.807) is 0 Å². The van der Waals surface area contributed by atoms with Crippen LogP contribution in [0.4, 0.5) is 0 Å². The summed E-state index contributed by atoms with van der Waals surface area (Å²) in [6.45, 7) is 6.12. The first kappa shape index (κ1) is 10.1. The standard InChI is InChI=1S/C10H15BrO/c1-5-10(4)7-6-8(11)9(2,3)12-10/h1,8H,6-7H2,2-4H3. The van der Waals surface area contributed by atoms with E-state index in [0.717, 1.165) is 12.8 Å². The minimum Gasteiger partial charge on any atom is -0.356 e. The minimum absolute atomic E-state index is 0.153. The van der Waals surface area contributed by atoms with Crippen LogP contribution in [0.1, 0.15) is 33.6 Å². The third-order valence-corrected chi connectivity index (χ3v) is 3.98. The summed E-state index contributed by atoms with van der Waals surface area (Å²) in [5, 5.41) is 0. The molecule has 1 heterocycles. The van der Waals surface area contributed by atoms with Gasteiger partial charge in [0.15, 0.2) is 0 Å². The Balaban J connectivity index is 2.77. The molecule has 0 aliphatic carbocycles. The fourth-order valence-electron chi connectivity index (χ4n) is 1.55. The molecule has 68 valence electrons. The molecule has 0 bridgehead atoms. The van der Waals surface area contributed by atoms with Gasteiger partial charge in [0.05, 0.1) is 5.60 Å². The van der Waals surface area contributed by atoms with Gasteiger partial charge in [0, 0.05) is 4.83 Å². The van der Waals surface area contributed by atoms with Gasteiger partial charge < -0.3 is 4.74 Å². The fraction of sp³-hybridized carbons (Fsp3) is 0.800. The molecule has 0 N–H and O–H groups in total. The third kappa shape index (κ3) is 1.84. The molecule has 12 heavy (non-hydrogen) atoms. The molecule has 1 saturated heterocycles. The Morgan fingerprint density at radius 2 is 2.08 bits per heavy atom. The molecular weight excluding hydrogens is 216 g/mol. The van der Waals surface area contributed by atoms with E-state index in [0.29, 0.717) is 4.83 Å². The maximum Gasteiger partial charge on any atom is 0.126 e. The number of terminal acetylenes is 1. The zero-order valence-electron chi connectivity index (χ0n) is 7.86. The predicted molar refractivity (Wildman–Crippen MR) is 54.4 cm³/mol. The van der Waals surface area contributed by atoms with Gasteiger partial charge in [-0.2, -0.15) is 0 Å². The molecule has 0 spiro atoms. The van der Waals surface area contributed by atoms with Gasteiger partial charge >= 0.3 is 0 Å². The number of hydrogen-bond acceptors (Lipinski definition) is 1. The summed E-state index contributed by atoms with van der Waals surface area (Å²) in [6, 6.07) is 0. The van der Waals surface area contributed by atoms with E-state index < -0.39 is 0 Å². The Morgan fingerprint density at radius 3 is 2.50 bits per heavy atom. The van der Waals surface area contributed by atoms with E-state index in [1.807, 2.05) is 6.92 Å². The number of halogens is 1. The largest absolute Gasteiger partial charge is 0.356 e. The predicted octanol–water partition coefficient (Wildman–Crippen LogP) is 2.73. The van der Waals surface area contributed by atoms with Crippen molar-refractivity contribution in [2.45, 2.75) is 49.6 Å². The van der Waals surface area contributed by atoms with Crippen LogP contribution in [0.25, 0.3) is 0 Å². The van der Waals surface area contributed by atoms with Gasteiger partial charge in [0.25, 0.3) is 0 Å². The van der Waals surface area contributed by atoms with Crippen molar-refractivity contribution >= 4 is 15.9 Å². The summed E-state index contributed by atoms with van der Waals surface area (Å²) in [7, 11) is 0. The molecule has 0 aromatic carbocycles. The van der Waals surface area contributed by atoms with E-state index >= 15 is 0 Å². The Labute approximate surface area is 83.0 Å². The van der Waals surface area contributed by atoms with Crippen molar-refractivity contribution in [2.24, 2.45) is 0 Å². The quantitative estimate of drug-likeness (QED) is 0.460. The number of hydrogen-bond donors (Lipinski definition) is 0. The van der Waals surface area contributed by atoms with Gasteiger partial charge in [-0.05, 0) is 33.6 Å². The average Bonchev–Trinajstić information content (AvgIpc) is 1.97. The second kappa shape index (κ2) is 3.05. The van der Waals surface area contributed by atoms with Crippen molar-refractivity contribution < 1.29 is 4.74 Å². The van der Waals surface area contributed by atoms with Gasteiger partial charge in [-0.25, -0.2) is 0 Å². The van der Waals surface area contributed by atoms with Crippen molar-refractivity contribution in [1.82, 2.24) is 0 Å². The lowest BCUT2D eigenvalue weighted by molar-refractivity contribution is -0.129. The van der Waals surface area contributed by atoms with Gasteiger partial charge in [0.2, 0.25) is 0 Å². The van der Waals surface area contributed by atoms with E-state index in [9.17, 15) is 0 Å². The smallest absolute Gasteiger partial charge is 0.126 e. The molecule has 1 aliphatic rings. The molecule has 0 radical (unpaired) electrons. The normalized spacial score (nSPS) is 40.4. The lowest BCUT2D eigenvalue weighted by Gasteiger charge is -2.43. The molecule has 1 rings (SSSR count). The maximum atomic E-state index is 5.84. The monoisotopic (exact) mass is 230 g/mol. The first-order valence-electron chi connectivity index (χ1n) is 4.22. The first-order chi connectivity index (χ1) is 5.40. The highest BCUT2D eigenvalue weighted by molar-refractivity contribution is 9.09. The molecular formula is C10H15BrO. The molecule has 2 unspecified atom stereocenters. The highest BCUT2D eigenvalue weighted by atomic mass is 79.9. The Bertz CT molecular complexity index is 216. The van der Waals surface area contributed by atoms with Crippen molar-refractivity contribution in [3.05, 3.63) is 0 Å². The first-order valence-corrected chi connectivity index (χ1v) is 5.13. The molecule has 1 fully saturated rings. The minimum atomic E-state index is -0.367. The molecule has 0 aromatic rings. The second-order valence-electron chi connectivity index (χ2n) is 4.09. The summed E-state index contributed by atoms with van der Waals surface area (Å²) in [5.41, 5.74) is -0.521. The zero-order chi connectivity index (χ0) is 9.41. The second-order valence-corrected chi connectivity index (χ2v) is 5.19. The lowest BCUT2D eigenvalue weighted by Crippen LogP contribution is -2.48. The van der Waals surface area contributed by atoms with Crippen molar-refractivity contribution in [2.75, 3.05) is 0 Å². The Morgan fingerprint density at radius 1 is 1.50 bits per heavy atom. The van der Waals surface area contributed by atoms with Gasteiger partial charge in [-0.3, -0.25) is 0 Å². The Kier molecular flexibility index (Phi) is 2.56. The van der Waals surface area contributed by atoms with E-state index in [-0.39, 0.29) is 11.2 Å². The molecule has 0 saturated carbocycles. The summed E-state index contributed by atoms with van der Waals surface area (Å²) >= 11 is 3.60. The SMILES string of the molecule is C#CC1(C)CCC(Br)C(C)(C)O1. The number of alkyl halides is 1. The van der Waals surface area contributed by atoms with Gasteiger partial charge in [-0.1, -0.05) is 21.9 Å². The van der Waals surface area contributed by atoms with Crippen LogP contribution in [0.15, 0.2) is 0 Å². The van der Waals surface area contributed by atoms with Crippen LogP contribution < -0.4 is 0 Å². The average molecular weight is 231 g/mol. The molecule has 2 atom stereocenters. The van der Waals surface area contributed by atoms with Crippen LogP contribution in [0.5, 0.6) is 0 Å². The summed E-state index contributed by atoms with van der Waals surface area (Å²) < 4.78 is 5.84. The highest BCUT2D eigenvalue weighted by Crippen LogP contribution is 2.38. The third-order valence-electron chi connectivity index (χ3n) is 2.42. The highest BCUT2D eigenvalue weighted by Gasteiger charge is 2.41. The zero-order valence-corrected chi connectivity index (χ0v) is 9.44. The van der Waals surface area contributed by atoms with Gasteiger partial charge in [0.1, 0.15) is 5.60 Å². The Hall–Kier alpha value is -0.0000000000000000208. The molecule has 1 nitrogen and oxygen atoms in total. The van der Waals surface area contributed by atoms with Crippen LogP contribution in [0, 0.1) is 12.3 Å². The van der Waals surface area contributed by atoms with E-state index in [2.05, 4.69) is 35.7 Å². The van der Waals surface area contributed by atoms with Gasteiger partial charge in [-0.15, -0.1) is 6.42 Å². The molecule has 2 heteroatoms. The summed E-state index contributed by atoms with van der Waals surface area (Å²) in [6.07, 6.45) is 7.42. The fourth-order valence-corrected chi connectivity index (χ4v) is 1.87. The van der Waals surface area contributed by atoms with E-state index in [1.165, 1.54) is 0 Å².